The van der Waals surface area contributed by atoms with Crippen molar-refractivity contribution in [2.24, 2.45) is 0 Å². The van der Waals surface area contributed by atoms with Crippen molar-refractivity contribution in [2.75, 3.05) is 35.0 Å². The summed E-state index contributed by atoms with van der Waals surface area (Å²) in [5, 5.41) is 0. The van der Waals surface area contributed by atoms with Crippen LogP contribution in [0.5, 0.6) is 23.0 Å². The van der Waals surface area contributed by atoms with E-state index in [1.54, 1.807) is 28.4 Å². The number of hydrogen-bond acceptors (Lipinski definition) is 10. The topological polar surface area (TPSA) is 129 Å². The Labute approximate surface area is 376 Å². The third kappa shape index (κ3) is 8.60. The molecule has 0 radical (unpaired) electrons. The summed E-state index contributed by atoms with van der Waals surface area (Å²) in [6.07, 6.45) is 5.25. The van der Waals surface area contributed by atoms with Crippen LogP contribution in [0.25, 0.3) is 0 Å². The first-order chi connectivity index (χ1) is 31.8. The smallest absolute Gasteiger partial charge is 0.330 e. The summed E-state index contributed by atoms with van der Waals surface area (Å²) in [5.74, 6) is 2.61. The largest absolute Gasteiger partial charge is 0.497 e. The normalized spacial score (nSPS) is 17.2. The van der Waals surface area contributed by atoms with Crippen molar-refractivity contribution in [3.63, 3.8) is 0 Å². The summed E-state index contributed by atoms with van der Waals surface area (Å²) in [7, 11) is 6.44. The molecule has 1 aromatic heterocycles. The minimum absolute atomic E-state index is 0.146. The zero-order chi connectivity index (χ0) is 45.4. The van der Waals surface area contributed by atoms with Gasteiger partial charge in [-0.1, -0.05) is 116 Å². The molecule has 0 bridgehead atoms. The quantitative estimate of drug-likeness (QED) is 0.0715. The van der Waals surface area contributed by atoms with Crippen molar-refractivity contribution in [3.05, 3.63) is 224 Å². The Hall–Kier alpha value is -7.56. The van der Waals surface area contributed by atoms with E-state index in [1.165, 1.54) is 16.8 Å². The second-order valence-electron chi connectivity index (χ2n) is 15.2. The van der Waals surface area contributed by atoms with Crippen LogP contribution in [0.2, 0.25) is 0 Å². The number of nitrogens with one attached hydrogen (secondary N) is 1. The Bertz CT molecular complexity index is 2710. The van der Waals surface area contributed by atoms with E-state index in [-0.39, 0.29) is 6.61 Å². The van der Waals surface area contributed by atoms with E-state index < -0.39 is 47.0 Å². The van der Waals surface area contributed by atoms with Gasteiger partial charge in [0.15, 0.2) is 12.3 Å². The number of aromatic amines is 1. The molecule has 330 valence electrons. The Morgan fingerprint density at radius 1 is 0.554 bits per heavy atom. The van der Waals surface area contributed by atoms with Crippen molar-refractivity contribution in [1.82, 2.24) is 9.55 Å². The number of H-pyrrole nitrogens is 1. The molecule has 2 heterocycles. The van der Waals surface area contributed by atoms with Crippen LogP contribution in [0.15, 0.2) is 180 Å². The first-order valence-electron chi connectivity index (χ1n) is 20.9. The monoisotopic (exact) mass is 872 g/mol. The number of methoxy groups -OCH3 is 4. The molecular weight excluding hydrogens is 825 g/mol. The summed E-state index contributed by atoms with van der Waals surface area (Å²) >= 11 is 0. The summed E-state index contributed by atoms with van der Waals surface area (Å²) in [4.78, 5) is 28.4. The summed E-state index contributed by atoms with van der Waals surface area (Å²) in [5.41, 5.74) is 0.613. The van der Waals surface area contributed by atoms with Crippen molar-refractivity contribution in [3.8, 4) is 35.5 Å². The zero-order valence-corrected chi connectivity index (χ0v) is 36.3. The number of hydrogen-bond donors (Lipinski definition) is 1. The first-order valence-corrected chi connectivity index (χ1v) is 20.9. The molecule has 0 spiro atoms. The molecule has 8 rings (SSSR count). The van der Waals surface area contributed by atoms with Crippen LogP contribution < -0.4 is 30.2 Å². The third-order valence-electron chi connectivity index (χ3n) is 11.7. The van der Waals surface area contributed by atoms with Crippen LogP contribution in [0.1, 0.15) is 39.6 Å². The minimum atomic E-state index is -1.39. The van der Waals surface area contributed by atoms with Crippen molar-refractivity contribution >= 4 is 0 Å². The van der Waals surface area contributed by atoms with E-state index in [1.807, 2.05) is 158 Å². The molecule has 7 aromatic rings. The number of benzene rings is 6. The van der Waals surface area contributed by atoms with Gasteiger partial charge in [0, 0.05) is 12.3 Å². The van der Waals surface area contributed by atoms with Gasteiger partial charge in [0.2, 0.25) is 0 Å². The Kier molecular flexibility index (Phi) is 13.2. The SMILES string of the molecule is C#COC1C(OC(c2ccccc2)(c2ccc(OC)cc2)c2ccc(OC)cc2)C(COC(c2ccccc2)(c2ccc(OC)cc2)c2ccc(OC)cc2)OC1n1ccc(=O)[nH]c1=O. The van der Waals surface area contributed by atoms with E-state index in [2.05, 4.69) is 11.1 Å². The van der Waals surface area contributed by atoms with Gasteiger partial charge in [-0.15, -0.1) is 0 Å². The van der Waals surface area contributed by atoms with Crippen molar-refractivity contribution < 1.29 is 37.9 Å². The fraction of sp³-hybridized carbons (Fsp3) is 0.208. The molecule has 1 aliphatic heterocycles. The molecule has 4 atom stereocenters. The molecule has 0 aliphatic carbocycles. The molecule has 1 saturated heterocycles. The lowest BCUT2D eigenvalue weighted by Crippen LogP contribution is -2.47. The van der Waals surface area contributed by atoms with E-state index in [0.717, 1.165) is 33.4 Å². The molecule has 12 nitrogen and oxygen atoms in total. The van der Waals surface area contributed by atoms with Crippen molar-refractivity contribution in [1.29, 1.82) is 0 Å². The number of aromatic nitrogens is 2. The first kappa shape index (κ1) is 44.1. The van der Waals surface area contributed by atoms with Gasteiger partial charge in [0.05, 0.1) is 35.0 Å². The predicted octanol–water partition coefficient (Wildman–Crippen LogP) is 7.83. The van der Waals surface area contributed by atoms with Crippen molar-refractivity contribution in [2.45, 2.75) is 35.7 Å². The maximum atomic E-state index is 13.6. The fourth-order valence-electron chi connectivity index (χ4n) is 8.55. The van der Waals surface area contributed by atoms with Gasteiger partial charge in [-0.2, -0.15) is 0 Å². The molecule has 12 heteroatoms. The average molecular weight is 873 g/mol. The Morgan fingerprint density at radius 2 is 0.954 bits per heavy atom. The maximum Gasteiger partial charge on any atom is 0.330 e. The number of ether oxygens (including phenoxy) is 8. The van der Waals surface area contributed by atoms with E-state index >= 15 is 0 Å². The molecular formula is C53H48N2O10. The number of nitrogens with zero attached hydrogens (tertiary/aromatic N) is 1. The predicted molar refractivity (Wildman–Crippen MR) is 244 cm³/mol. The van der Waals surface area contributed by atoms with Crippen LogP contribution in [-0.2, 0) is 30.1 Å². The zero-order valence-electron chi connectivity index (χ0n) is 36.3. The van der Waals surface area contributed by atoms with E-state index in [4.69, 9.17) is 44.3 Å². The third-order valence-corrected chi connectivity index (χ3v) is 11.7. The van der Waals surface area contributed by atoms with Gasteiger partial charge in [-0.25, -0.2) is 4.79 Å². The second kappa shape index (κ2) is 19.5. The molecule has 6 aromatic carbocycles. The highest BCUT2D eigenvalue weighted by molar-refractivity contribution is 5.51. The molecule has 4 unspecified atom stereocenters. The van der Waals surface area contributed by atoms with Gasteiger partial charge in [0.1, 0.15) is 52.5 Å². The van der Waals surface area contributed by atoms with Gasteiger partial charge in [-0.05, 0) is 81.9 Å². The van der Waals surface area contributed by atoms with Crippen LogP contribution in [0.3, 0.4) is 0 Å². The minimum Gasteiger partial charge on any atom is -0.497 e. The number of terminal acetylenes is 1. The standard InChI is InChI=1S/C53H48N2O10/c1-6-62-49-48(65-53(37-15-11-8-12-16-37,40-21-29-44(60-4)30-22-40)41-23-31-45(61-5)32-24-41)46(64-50(49)55-34-33-47(56)54-51(55)57)35-63-52(36-13-9-7-10-14-36,38-17-25-42(58-2)26-18-38)39-19-27-43(59-3)28-20-39/h1,7-34,46,48-50H,35H2,2-5H3,(H,54,56,57). The summed E-state index contributed by atoms with van der Waals surface area (Å²) in [6.45, 7) is -0.146. The number of rotatable bonds is 17. The van der Waals surface area contributed by atoms with Crippen LogP contribution in [-0.4, -0.2) is 62.9 Å². The molecule has 1 N–H and O–H groups in total. The Balaban J connectivity index is 1.35. The van der Waals surface area contributed by atoms with Crippen LogP contribution >= 0.6 is 0 Å². The van der Waals surface area contributed by atoms with Crippen LogP contribution in [0, 0.1) is 12.5 Å². The lowest BCUT2D eigenvalue weighted by molar-refractivity contribution is -0.131. The van der Waals surface area contributed by atoms with Gasteiger partial charge >= 0.3 is 5.69 Å². The van der Waals surface area contributed by atoms with E-state index in [9.17, 15) is 9.59 Å². The fourth-order valence-corrected chi connectivity index (χ4v) is 8.55. The molecule has 0 saturated carbocycles. The second-order valence-corrected chi connectivity index (χ2v) is 15.2. The maximum absolute atomic E-state index is 13.6. The highest BCUT2D eigenvalue weighted by Crippen LogP contribution is 2.48. The summed E-state index contributed by atoms with van der Waals surface area (Å²) in [6, 6.07) is 51.4. The lowest BCUT2D eigenvalue weighted by Gasteiger charge is -2.41. The van der Waals surface area contributed by atoms with E-state index in [0.29, 0.717) is 23.0 Å². The molecule has 0 amide bonds. The van der Waals surface area contributed by atoms with Gasteiger partial charge < -0.3 is 37.9 Å². The molecule has 65 heavy (non-hydrogen) atoms. The highest BCUT2D eigenvalue weighted by Gasteiger charge is 2.54. The highest BCUT2D eigenvalue weighted by atomic mass is 16.6. The Morgan fingerprint density at radius 3 is 1.35 bits per heavy atom. The van der Waals surface area contributed by atoms with Gasteiger partial charge in [0.25, 0.3) is 5.56 Å². The molecule has 1 aliphatic rings. The average Bonchev–Trinajstić information content (AvgIpc) is 3.69. The van der Waals surface area contributed by atoms with Crippen LogP contribution in [0.4, 0.5) is 0 Å². The summed E-state index contributed by atoms with van der Waals surface area (Å²) < 4.78 is 51.8. The van der Waals surface area contributed by atoms with Gasteiger partial charge in [-0.3, -0.25) is 14.3 Å². The molecule has 1 fully saturated rings. The lowest BCUT2D eigenvalue weighted by atomic mass is 9.79.